The molecule has 0 saturated heterocycles. The number of hydrogen-bond acceptors (Lipinski definition) is 5. The lowest BCUT2D eigenvalue weighted by molar-refractivity contribution is 0.778. The fourth-order valence-electron chi connectivity index (χ4n) is 1.29. The lowest BCUT2D eigenvalue weighted by atomic mass is 10.3. The number of anilines is 2. The highest BCUT2D eigenvalue weighted by atomic mass is 16.1. The molecular formula is C9H12N6O. The van der Waals surface area contributed by atoms with Crippen LogP contribution in [-0.4, -0.2) is 19.7 Å². The molecule has 2 heterocycles. The summed E-state index contributed by atoms with van der Waals surface area (Å²) in [4.78, 5) is 17.7. The van der Waals surface area contributed by atoms with Crippen molar-refractivity contribution in [3.63, 3.8) is 0 Å². The van der Waals surface area contributed by atoms with Gasteiger partial charge in [-0.05, 0) is 0 Å². The van der Waals surface area contributed by atoms with Crippen LogP contribution in [0.3, 0.4) is 0 Å². The zero-order valence-corrected chi connectivity index (χ0v) is 8.77. The zero-order valence-electron chi connectivity index (χ0n) is 8.77. The molecule has 0 saturated carbocycles. The van der Waals surface area contributed by atoms with Crippen LogP contribution in [0, 0.1) is 0 Å². The third kappa shape index (κ3) is 1.88. The molecule has 7 heteroatoms. The van der Waals surface area contributed by atoms with Gasteiger partial charge < -0.3 is 16.0 Å². The van der Waals surface area contributed by atoms with E-state index < -0.39 is 0 Å². The predicted molar refractivity (Wildman–Crippen MR) is 59.8 cm³/mol. The van der Waals surface area contributed by atoms with Crippen molar-refractivity contribution in [3.8, 4) is 0 Å². The highest BCUT2D eigenvalue weighted by molar-refractivity contribution is 5.41. The van der Waals surface area contributed by atoms with Gasteiger partial charge in [0, 0.05) is 31.5 Å². The van der Waals surface area contributed by atoms with Gasteiger partial charge in [-0.15, -0.1) is 0 Å². The van der Waals surface area contributed by atoms with Crippen molar-refractivity contribution in [2.45, 2.75) is 6.54 Å². The predicted octanol–water partition coefficient (Wildman–Crippen LogP) is -0.302. The first-order valence-electron chi connectivity index (χ1n) is 4.72. The van der Waals surface area contributed by atoms with E-state index in [0.29, 0.717) is 12.4 Å². The molecule has 84 valence electrons. The quantitative estimate of drug-likeness (QED) is 0.659. The second kappa shape index (κ2) is 4.05. The number of nitrogens with zero attached hydrogens (tertiary/aromatic N) is 3. The van der Waals surface area contributed by atoms with Crippen LogP contribution in [0.2, 0.25) is 0 Å². The maximum atomic E-state index is 11.3. The van der Waals surface area contributed by atoms with Gasteiger partial charge in [-0.1, -0.05) is 0 Å². The Morgan fingerprint density at radius 3 is 3.06 bits per heavy atom. The minimum absolute atomic E-state index is 0.259. The average Bonchev–Trinajstić information content (AvgIpc) is 2.59. The summed E-state index contributed by atoms with van der Waals surface area (Å²) in [5, 5.41) is 6.89. The van der Waals surface area contributed by atoms with Crippen LogP contribution in [0.4, 0.5) is 11.6 Å². The number of H-pyrrole nitrogens is 1. The summed E-state index contributed by atoms with van der Waals surface area (Å²) in [5.41, 5.74) is 6.33. The lowest BCUT2D eigenvalue weighted by Gasteiger charge is -2.03. The Balaban J connectivity index is 2.11. The van der Waals surface area contributed by atoms with Crippen molar-refractivity contribution < 1.29 is 0 Å². The summed E-state index contributed by atoms with van der Waals surface area (Å²) in [6.07, 6.45) is 4.64. The molecule has 0 aliphatic carbocycles. The lowest BCUT2D eigenvalue weighted by Crippen LogP contribution is -2.15. The third-order valence-electron chi connectivity index (χ3n) is 2.22. The fourth-order valence-corrected chi connectivity index (χ4v) is 1.29. The molecule has 0 spiro atoms. The standard InChI is InChI=1S/C9H12N6O/c1-15-7(10)6(5-14-15)4-13-8-9(16)12-3-2-11-8/h2-3,5H,4,10H2,1H3,(H,11,13)(H,12,16). The minimum Gasteiger partial charge on any atom is -0.384 e. The normalized spacial score (nSPS) is 10.3. The second-order valence-electron chi connectivity index (χ2n) is 3.30. The van der Waals surface area contributed by atoms with E-state index >= 15 is 0 Å². The van der Waals surface area contributed by atoms with Gasteiger partial charge in [0.25, 0.3) is 5.56 Å². The van der Waals surface area contributed by atoms with Gasteiger partial charge in [0.1, 0.15) is 5.82 Å². The van der Waals surface area contributed by atoms with Gasteiger partial charge >= 0.3 is 0 Å². The molecule has 2 rings (SSSR count). The van der Waals surface area contributed by atoms with Gasteiger partial charge in [0.15, 0.2) is 5.82 Å². The Morgan fingerprint density at radius 1 is 1.62 bits per heavy atom. The highest BCUT2D eigenvalue weighted by Crippen LogP contribution is 2.09. The molecule has 16 heavy (non-hydrogen) atoms. The van der Waals surface area contributed by atoms with Gasteiger partial charge in [0.05, 0.1) is 6.20 Å². The monoisotopic (exact) mass is 220 g/mol. The molecule has 2 aromatic heterocycles. The Labute approximate surface area is 91.3 Å². The number of nitrogens with one attached hydrogen (secondary N) is 2. The Hall–Kier alpha value is -2.31. The maximum absolute atomic E-state index is 11.3. The minimum atomic E-state index is -0.259. The fraction of sp³-hybridized carbons (Fsp3) is 0.222. The molecule has 0 aliphatic heterocycles. The smallest absolute Gasteiger partial charge is 0.290 e. The van der Waals surface area contributed by atoms with E-state index in [1.807, 2.05) is 0 Å². The van der Waals surface area contributed by atoms with E-state index in [4.69, 9.17) is 5.73 Å². The first-order valence-corrected chi connectivity index (χ1v) is 4.72. The van der Waals surface area contributed by atoms with Crippen molar-refractivity contribution in [1.82, 2.24) is 19.7 Å². The highest BCUT2D eigenvalue weighted by Gasteiger charge is 2.05. The van der Waals surface area contributed by atoms with Crippen molar-refractivity contribution in [2.24, 2.45) is 7.05 Å². The first-order chi connectivity index (χ1) is 7.68. The van der Waals surface area contributed by atoms with E-state index in [-0.39, 0.29) is 11.4 Å². The van der Waals surface area contributed by atoms with Crippen molar-refractivity contribution in [1.29, 1.82) is 0 Å². The summed E-state index contributed by atoms with van der Waals surface area (Å²) in [5.74, 6) is 0.839. The molecule has 7 nitrogen and oxygen atoms in total. The molecule has 0 aliphatic rings. The maximum Gasteiger partial charge on any atom is 0.290 e. The van der Waals surface area contributed by atoms with Crippen LogP contribution in [0.1, 0.15) is 5.56 Å². The third-order valence-corrected chi connectivity index (χ3v) is 2.22. The van der Waals surface area contributed by atoms with Crippen LogP contribution in [-0.2, 0) is 13.6 Å². The molecule has 0 aromatic carbocycles. The molecule has 0 amide bonds. The van der Waals surface area contributed by atoms with Gasteiger partial charge in [0.2, 0.25) is 0 Å². The number of hydrogen-bond donors (Lipinski definition) is 3. The topological polar surface area (TPSA) is 102 Å². The summed E-state index contributed by atoms with van der Waals surface area (Å²) >= 11 is 0. The molecule has 4 N–H and O–H groups in total. The van der Waals surface area contributed by atoms with Crippen LogP contribution in [0.25, 0.3) is 0 Å². The number of nitrogen functional groups attached to an aromatic ring is 1. The van der Waals surface area contributed by atoms with Crippen LogP contribution < -0.4 is 16.6 Å². The Bertz CT molecular complexity index is 543. The van der Waals surface area contributed by atoms with Gasteiger partial charge in [-0.25, -0.2) is 4.98 Å². The summed E-state index contributed by atoms with van der Waals surface area (Å²) in [7, 11) is 1.76. The van der Waals surface area contributed by atoms with Crippen molar-refractivity contribution in [2.75, 3.05) is 11.1 Å². The molecule has 0 unspecified atom stereocenters. The molecule has 0 bridgehead atoms. The summed E-state index contributed by atoms with van der Waals surface area (Å²) < 4.78 is 1.57. The van der Waals surface area contributed by atoms with Crippen molar-refractivity contribution in [3.05, 3.63) is 34.5 Å². The SMILES string of the molecule is Cn1ncc(CNc2ncc[nH]c2=O)c1N. The zero-order chi connectivity index (χ0) is 11.5. The van der Waals surface area contributed by atoms with Gasteiger partial charge in [-0.2, -0.15) is 5.10 Å². The summed E-state index contributed by atoms with van der Waals surface area (Å²) in [6.45, 7) is 0.416. The van der Waals surface area contributed by atoms with Crippen LogP contribution in [0.5, 0.6) is 0 Å². The largest absolute Gasteiger partial charge is 0.384 e. The van der Waals surface area contributed by atoms with Crippen LogP contribution >= 0.6 is 0 Å². The van der Waals surface area contributed by atoms with E-state index in [1.54, 1.807) is 17.9 Å². The average molecular weight is 220 g/mol. The molecule has 0 radical (unpaired) electrons. The molecule has 2 aromatic rings. The van der Waals surface area contributed by atoms with E-state index in [2.05, 4.69) is 20.4 Å². The van der Waals surface area contributed by atoms with Crippen molar-refractivity contribution >= 4 is 11.6 Å². The van der Waals surface area contributed by atoms with E-state index in [9.17, 15) is 4.79 Å². The Morgan fingerprint density at radius 2 is 2.44 bits per heavy atom. The van der Waals surface area contributed by atoms with Gasteiger partial charge in [-0.3, -0.25) is 9.48 Å². The van der Waals surface area contributed by atoms with Crippen LogP contribution in [0.15, 0.2) is 23.4 Å². The van der Waals surface area contributed by atoms with E-state index in [1.165, 1.54) is 12.4 Å². The molecular weight excluding hydrogens is 208 g/mol. The van der Waals surface area contributed by atoms with E-state index in [0.717, 1.165) is 5.56 Å². The second-order valence-corrected chi connectivity index (χ2v) is 3.30. The summed E-state index contributed by atoms with van der Waals surface area (Å²) in [6, 6.07) is 0. The Kier molecular flexibility index (Phi) is 2.59. The molecule has 0 fully saturated rings. The first kappa shape index (κ1) is 10.2. The molecule has 0 atom stereocenters. The number of aromatic amines is 1. The number of aryl methyl sites for hydroxylation is 1. The number of nitrogens with two attached hydrogens (primary N) is 1. The number of rotatable bonds is 3. The number of aromatic nitrogens is 4.